The van der Waals surface area contributed by atoms with Gasteiger partial charge in [0.05, 0.1) is 18.6 Å². The molecule has 224 valence electrons. The van der Waals surface area contributed by atoms with Crippen LogP contribution >= 0.6 is 0 Å². The quantitative estimate of drug-likeness (QED) is 0.262. The van der Waals surface area contributed by atoms with Gasteiger partial charge >= 0.3 is 0 Å². The first-order valence-electron chi connectivity index (χ1n) is 14.6. The van der Waals surface area contributed by atoms with Crippen LogP contribution in [0.5, 0.6) is 5.75 Å². The second-order valence-corrected chi connectivity index (χ2v) is 15.7. The molecule has 0 bridgehead atoms. The highest BCUT2D eigenvalue weighted by atomic mass is 28.4. The summed E-state index contributed by atoms with van der Waals surface area (Å²) in [6.45, 7) is 7.14. The van der Waals surface area contributed by atoms with E-state index < -0.39 is 26.2 Å². The lowest BCUT2D eigenvalue weighted by molar-refractivity contribution is -0.133. The number of rotatable bonds is 11. The molecule has 5 atom stereocenters. The van der Waals surface area contributed by atoms with Crippen LogP contribution in [0.4, 0.5) is 9.80 Å². The van der Waals surface area contributed by atoms with E-state index >= 15 is 4.11 Å². The molecule has 1 saturated heterocycles. The number of anilines is 1. The Bertz CT molecular complexity index is 1170. The third-order valence-electron chi connectivity index (χ3n) is 8.38. The zero-order valence-electron chi connectivity index (χ0n) is 24.6. The fourth-order valence-electron chi connectivity index (χ4n) is 6.06. The molecule has 10 heteroatoms. The summed E-state index contributed by atoms with van der Waals surface area (Å²) in [5.74, 6) is 0.0310. The molecule has 2 amide bonds. The van der Waals surface area contributed by atoms with Crippen molar-refractivity contribution >= 4 is 25.9 Å². The number of aliphatic hydroxyl groups excluding tert-OH is 1. The molecule has 41 heavy (non-hydrogen) atoms. The van der Waals surface area contributed by atoms with E-state index in [1.54, 1.807) is 37.2 Å². The van der Waals surface area contributed by atoms with Crippen molar-refractivity contribution in [1.82, 2.24) is 10.2 Å². The van der Waals surface area contributed by atoms with Gasteiger partial charge in [0.2, 0.25) is 20.2 Å². The van der Waals surface area contributed by atoms with Crippen molar-refractivity contribution in [2.24, 2.45) is 11.8 Å². The SMILES string of the molecule is CO[C@H]1c2cc(NC(=O)C3CCCNC3)ccc2O[C@@H](C(CC(=O)N(CCO)Cc2ccccc2)[Si](C)(C)F)[C@@H]1C. The number of benzene rings is 2. The molecule has 2 aliphatic heterocycles. The Morgan fingerprint density at radius 3 is 2.63 bits per heavy atom. The second-order valence-electron chi connectivity index (χ2n) is 11.8. The van der Waals surface area contributed by atoms with Crippen LogP contribution < -0.4 is 15.4 Å². The maximum atomic E-state index is 16.0. The van der Waals surface area contributed by atoms with Gasteiger partial charge in [0.25, 0.3) is 0 Å². The zero-order valence-corrected chi connectivity index (χ0v) is 25.6. The highest BCUT2D eigenvalue weighted by molar-refractivity contribution is 6.72. The van der Waals surface area contributed by atoms with Gasteiger partial charge in [-0.3, -0.25) is 9.59 Å². The van der Waals surface area contributed by atoms with E-state index in [-0.39, 0.29) is 43.2 Å². The van der Waals surface area contributed by atoms with Crippen LogP contribution in [0.3, 0.4) is 0 Å². The average Bonchev–Trinajstić information content (AvgIpc) is 2.96. The number of methoxy groups -OCH3 is 1. The van der Waals surface area contributed by atoms with Gasteiger partial charge in [0.15, 0.2) is 0 Å². The molecule has 4 rings (SSSR count). The Labute approximate surface area is 243 Å². The normalized spacial score (nSPS) is 23.2. The average molecular weight is 586 g/mol. The van der Waals surface area contributed by atoms with Crippen LogP contribution in [-0.4, -0.2) is 69.7 Å². The van der Waals surface area contributed by atoms with Crippen LogP contribution in [-0.2, 0) is 20.9 Å². The van der Waals surface area contributed by atoms with Gasteiger partial charge < -0.3 is 34.2 Å². The van der Waals surface area contributed by atoms with E-state index in [0.29, 0.717) is 24.5 Å². The lowest BCUT2D eigenvalue weighted by Crippen LogP contribution is -2.48. The Hall–Kier alpha value is -2.79. The van der Waals surface area contributed by atoms with Crippen LogP contribution in [0.15, 0.2) is 48.5 Å². The summed E-state index contributed by atoms with van der Waals surface area (Å²) in [4.78, 5) is 28.0. The van der Waals surface area contributed by atoms with Crippen LogP contribution in [0.1, 0.15) is 43.4 Å². The van der Waals surface area contributed by atoms with Crippen LogP contribution in [0.2, 0.25) is 18.6 Å². The third kappa shape index (κ3) is 7.74. The molecular weight excluding hydrogens is 541 g/mol. The minimum absolute atomic E-state index is 0.0135. The summed E-state index contributed by atoms with van der Waals surface area (Å²) < 4.78 is 28.4. The number of hydrogen-bond acceptors (Lipinski definition) is 6. The number of fused-ring (bicyclic) bond motifs is 1. The molecule has 1 fully saturated rings. The fraction of sp³-hybridized carbons (Fsp3) is 0.548. The molecule has 2 aliphatic rings. The molecule has 2 heterocycles. The number of aliphatic hydroxyl groups is 1. The van der Waals surface area contributed by atoms with Crippen molar-refractivity contribution in [1.29, 1.82) is 0 Å². The standard InChI is InChI=1S/C31H44FN3O5Si/c1-21-29(39-2)25-17-24(34-31(38)23-11-8-14-33-19-23)12-13-26(25)40-30(21)27(41(3,4)32)18-28(37)35(15-16-36)20-22-9-6-5-7-10-22/h5-7,9-10,12-13,17,21,23,27,29-30,33,36H,8,11,14-16,18-20H2,1-4H3,(H,34,38)/t21-,23?,27?,29-,30-/m1/s1. The zero-order chi connectivity index (χ0) is 29.6. The Kier molecular flexibility index (Phi) is 10.6. The van der Waals surface area contributed by atoms with Gasteiger partial charge in [-0.1, -0.05) is 37.3 Å². The van der Waals surface area contributed by atoms with Crippen molar-refractivity contribution in [3.8, 4) is 5.75 Å². The van der Waals surface area contributed by atoms with Gasteiger partial charge in [0, 0.05) is 55.9 Å². The predicted octanol–water partition coefficient (Wildman–Crippen LogP) is 4.67. The molecule has 0 aliphatic carbocycles. The Morgan fingerprint density at radius 2 is 2.00 bits per heavy atom. The number of carbonyl (C=O) groups excluding carboxylic acids is 2. The number of nitrogens with zero attached hydrogens (tertiary/aromatic N) is 1. The summed E-state index contributed by atoms with van der Waals surface area (Å²) in [7, 11) is -1.79. The van der Waals surface area contributed by atoms with Gasteiger partial charge in [-0.05, 0) is 56.2 Å². The number of piperidine rings is 1. The number of hydrogen-bond donors (Lipinski definition) is 3. The van der Waals surface area contributed by atoms with Gasteiger partial charge in [0.1, 0.15) is 11.9 Å². The van der Waals surface area contributed by atoms with Crippen molar-refractivity contribution in [2.75, 3.05) is 38.7 Å². The number of ether oxygens (including phenoxy) is 2. The van der Waals surface area contributed by atoms with E-state index in [9.17, 15) is 14.7 Å². The third-order valence-corrected chi connectivity index (χ3v) is 10.7. The predicted molar refractivity (Wildman–Crippen MR) is 160 cm³/mol. The first-order chi connectivity index (χ1) is 19.6. The molecule has 2 aromatic carbocycles. The largest absolute Gasteiger partial charge is 0.490 e. The number of halogens is 1. The van der Waals surface area contributed by atoms with Gasteiger partial charge in [-0.2, -0.15) is 0 Å². The van der Waals surface area contributed by atoms with Crippen molar-refractivity contribution in [3.05, 3.63) is 59.7 Å². The van der Waals surface area contributed by atoms with E-state index in [4.69, 9.17) is 9.47 Å². The van der Waals surface area contributed by atoms with E-state index in [1.807, 2.05) is 43.3 Å². The highest BCUT2D eigenvalue weighted by Gasteiger charge is 2.48. The molecule has 0 spiro atoms. The van der Waals surface area contributed by atoms with E-state index in [0.717, 1.165) is 30.5 Å². The first kappa shape index (κ1) is 31.1. The smallest absolute Gasteiger partial charge is 0.248 e. The fourth-order valence-corrected chi connectivity index (χ4v) is 7.87. The van der Waals surface area contributed by atoms with Crippen LogP contribution in [0.25, 0.3) is 0 Å². The summed E-state index contributed by atoms with van der Waals surface area (Å²) in [5, 5.41) is 16.0. The molecule has 3 N–H and O–H groups in total. The Balaban J connectivity index is 1.54. The van der Waals surface area contributed by atoms with E-state index in [1.165, 1.54) is 0 Å². The van der Waals surface area contributed by atoms with Gasteiger partial charge in [-0.15, -0.1) is 0 Å². The summed E-state index contributed by atoms with van der Waals surface area (Å²) in [6, 6.07) is 15.1. The van der Waals surface area contributed by atoms with E-state index in [2.05, 4.69) is 10.6 Å². The second kappa shape index (κ2) is 13.9. The maximum Gasteiger partial charge on any atom is 0.248 e. The molecular formula is C31H44FN3O5Si. The molecule has 8 nitrogen and oxygen atoms in total. The monoisotopic (exact) mass is 585 g/mol. The number of amides is 2. The molecule has 2 unspecified atom stereocenters. The van der Waals surface area contributed by atoms with Crippen molar-refractivity contribution in [2.45, 2.75) is 63.6 Å². The highest BCUT2D eigenvalue weighted by Crippen LogP contribution is 2.48. The first-order valence-corrected chi connectivity index (χ1v) is 17.5. The summed E-state index contributed by atoms with van der Waals surface area (Å²) in [5.41, 5.74) is 1.78. The molecule has 2 aromatic rings. The van der Waals surface area contributed by atoms with Crippen LogP contribution in [0, 0.1) is 11.8 Å². The molecule has 0 radical (unpaired) electrons. The van der Waals surface area contributed by atoms with Crippen molar-refractivity contribution < 1.29 is 28.3 Å². The summed E-state index contributed by atoms with van der Waals surface area (Å²) in [6.07, 6.45) is 0.833. The van der Waals surface area contributed by atoms with Gasteiger partial charge in [-0.25, -0.2) is 0 Å². The topological polar surface area (TPSA) is 100 Å². The Morgan fingerprint density at radius 1 is 1.24 bits per heavy atom. The minimum atomic E-state index is -3.41. The molecule has 0 aromatic heterocycles. The number of nitrogens with one attached hydrogen (secondary N) is 2. The number of carbonyl (C=O) groups is 2. The lowest BCUT2D eigenvalue weighted by atomic mass is 9.86. The van der Waals surface area contributed by atoms with Crippen molar-refractivity contribution in [3.63, 3.8) is 0 Å². The maximum absolute atomic E-state index is 16.0. The summed E-state index contributed by atoms with van der Waals surface area (Å²) >= 11 is 0. The lowest BCUT2D eigenvalue weighted by Gasteiger charge is -2.43. The molecule has 0 saturated carbocycles. The minimum Gasteiger partial charge on any atom is -0.490 e.